The first-order valence-corrected chi connectivity index (χ1v) is 11.2. The van der Waals surface area contributed by atoms with E-state index >= 15 is 0 Å². The number of carbonyl (C=O) groups is 1. The molecule has 3 nitrogen and oxygen atoms in total. The zero-order valence-corrected chi connectivity index (χ0v) is 18.1. The SMILES string of the molecule is Cc1ccccc1CCN1CCC[C@@H](CN(C)C(=O)CCCc2ccccc2)C1. The number of carbonyl (C=O) groups excluding carboxylic acids is 1. The van der Waals surface area contributed by atoms with Gasteiger partial charge in [-0.15, -0.1) is 0 Å². The highest BCUT2D eigenvalue weighted by atomic mass is 16.2. The van der Waals surface area contributed by atoms with Gasteiger partial charge in [-0.05, 0) is 68.2 Å². The Kier molecular flexibility index (Phi) is 8.30. The molecule has 1 saturated heterocycles. The second kappa shape index (κ2) is 11.2. The van der Waals surface area contributed by atoms with Gasteiger partial charge in [0.1, 0.15) is 0 Å². The smallest absolute Gasteiger partial charge is 0.222 e. The zero-order valence-electron chi connectivity index (χ0n) is 18.1. The number of hydrogen-bond acceptors (Lipinski definition) is 2. The molecule has 0 aromatic heterocycles. The molecule has 1 fully saturated rings. The van der Waals surface area contributed by atoms with E-state index < -0.39 is 0 Å². The van der Waals surface area contributed by atoms with Crippen molar-refractivity contribution in [1.29, 1.82) is 0 Å². The quantitative estimate of drug-likeness (QED) is 0.616. The minimum absolute atomic E-state index is 0.290. The van der Waals surface area contributed by atoms with Crippen LogP contribution in [0.25, 0.3) is 0 Å². The minimum Gasteiger partial charge on any atom is -0.345 e. The summed E-state index contributed by atoms with van der Waals surface area (Å²) in [5.74, 6) is 0.890. The van der Waals surface area contributed by atoms with E-state index in [4.69, 9.17) is 0 Å². The standard InChI is InChI=1S/C26H36N2O/c1-22-10-6-7-15-25(22)17-19-28-18-9-14-24(21-28)20-27(2)26(29)16-8-13-23-11-4-3-5-12-23/h3-7,10-12,15,24H,8-9,13-14,16-21H2,1-2H3/t24-/m0/s1. The molecule has 0 bridgehead atoms. The Hall–Kier alpha value is -2.13. The normalized spacial score (nSPS) is 17.2. The largest absolute Gasteiger partial charge is 0.345 e. The maximum atomic E-state index is 12.5. The lowest BCUT2D eigenvalue weighted by Crippen LogP contribution is -2.42. The molecule has 2 aromatic rings. The topological polar surface area (TPSA) is 23.6 Å². The molecule has 0 unspecified atom stereocenters. The van der Waals surface area contributed by atoms with E-state index in [-0.39, 0.29) is 5.91 Å². The second-order valence-corrected chi connectivity index (χ2v) is 8.60. The van der Waals surface area contributed by atoms with Crippen molar-refractivity contribution < 1.29 is 4.79 Å². The van der Waals surface area contributed by atoms with Crippen molar-refractivity contribution in [2.24, 2.45) is 5.92 Å². The van der Waals surface area contributed by atoms with Crippen molar-refractivity contribution in [2.75, 3.05) is 33.2 Å². The second-order valence-electron chi connectivity index (χ2n) is 8.60. The van der Waals surface area contributed by atoms with Crippen LogP contribution in [0.5, 0.6) is 0 Å². The minimum atomic E-state index is 0.290. The maximum absolute atomic E-state index is 12.5. The Labute approximate surface area is 176 Å². The fourth-order valence-electron chi connectivity index (χ4n) is 4.44. The van der Waals surface area contributed by atoms with Crippen LogP contribution in [0.15, 0.2) is 54.6 Å². The van der Waals surface area contributed by atoms with Gasteiger partial charge in [-0.1, -0.05) is 54.6 Å². The molecule has 1 heterocycles. The molecule has 3 heteroatoms. The molecule has 1 aliphatic heterocycles. The van der Waals surface area contributed by atoms with Crippen LogP contribution in [0.1, 0.15) is 42.4 Å². The van der Waals surface area contributed by atoms with Crippen LogP contribution < -0.4 is 0 Å². The van der Waals surface area contributed by atoms with Crippen LogP contribution in [0.4, 0.5) is 0 Å². The molecule has 2 aromatic carbocycles. The Morgan fingerprint density at radius 2 is 1.83 bits per heavy atom. The van der Waals surface area contributed by atoms with E-state index in [2.05, 4.69) is 60.4 Å². The van der Waals surface area contributed by atoms with Gasteiger partial charge in [0.2, 0.25) is 5.91 Å². The molecule has 0 saturated carbocycles. The number of amides is 1. The number of aryl methyl sites for hydroxylation is 2. The summed E-state index contributed by atoms with van der Waals surface area (Å²) in [6, 6.07) is 19.2. The summed E-state index contributed by atoms with van der Waals surface area (Å²) in [4.78, 5) is 17.1. The van der Waals surface area contributed by atoms with Crippen molar-refractivity contribution in [3.8, 4) is 0 Å². The average Bonchev–Trinajstić information content (AvgIpc) is 2.74. The zero-order chi connectivity index (χ0) is 20.5. The molecular formula is C26H36N2O. The maximum Gasteiger partial charge on any atom is 0.222 e. The Morgan fingerprint density at radius 1 is 1.07 bits per heavy atom. The third-order valence-electron chi connectivity index (χ3n) is 6.22. The van der Waals surface area contributed by atoms with Crippen molar-refractivity contribution >= 4 is 5.91 Å². The first-order valence-electron chi connectivity index (χ1n) is 11.2. The fraction of sp³-hybridized carbons (Fsp3) is 0.500. The molecule has 3 rings (SSSR count). The summed E-state index contributed by atoms with van der Waals surface area (Å²) < 4.78 is 0. The van der Waals surface area contributed by atoms with Crippen LogP contribution in [0, 0.1) is 12.8 Å². The number of rotatable bonds is 9. The number of likely N-dealkylation sites (tertiary alicyclic amines) is 1. The number of benzene rings is 2. The fourth-order valence-corrected chi connectivity index (χ4v) is 4.44. The predicted molar refractivity (Wildman–Crippen MR) is 121 cm³/mol. The van der Waals surface area contributed by atoms with Crippen molar-refractivity contribution in [2.45, 2.75) is 45.4 Å². The van der Waals surface area contributed by atoms with Crippen molar-refractivity contribution in [3.05, 3.63) is 71.3 Å². The Bertz CT molecular complexity index is 758. The molecule has 0 aliphatic carbocycles. The van der Waals surface area contributed by atoms with Gasteiger partial charge in [-0.3, -0.25) is 4.79 Å². The highest BCUT2D eigenvalue weighted by molar-refractivity contribution is 5.75. The summed E-state index contributed by atoms with van der Waals surface area (Å²) in [5, 5.41) is 0. The van der Waals surface area contributed by atoms with Crippen LogP contribution in [-0.2, 0) is 17.6 Å². The summed E-state index contributed by atoms with van der Waals surface area (Å²) in [6.07, 6.45) is 6.16. The van der Waals surface area contributed by atoms with E-state index in [1.54, 1.807) is 0 Å². The Balaban J connectivity index is 1.38. The first kappa shape index (κ1) is 21.6. The molecular weight excluding hydrogens is 356 g/mol. The van der Waals surface area contributed by atoms with Gasteiger partial charge in [-0.25, -0.2) is 0 Å². The molecule has 0 radical (unpaired) electrons. The van der Waals surface area contributed by atoms with Crippen LogP contribution in [0.2, 0.25) is 0 Å². The summed E-state index contributed by atoms with van der Waals surface area (Å²) in [6.45, 7) is 6.53. The van der Waals surface area contributed by atoms with Crippen molar-refractivity contribution in [3.63, 3.8) is 0 Å². The number of hydrogen-bond donors (Lipinski definition) is 0. The highest BCUT2D eigenvalue weighted by Gasteiger charge is 2.22. The van der Waals surface area contributed by atoms with Gasteiger partial charge in [0, 0.05) is 33.1 Å². The van der Waals surface area contributed by atoms with E-state index in [0.29, 0.717) is 12.3 Å². The van der Waals surface area contributed by atoms with Gasteiger partial charge < -0.3 is 9.80 Å². The third-order valence-corrected chi connectivity index (χ3v) is 6.22. The third kappa shape index (κ3) is 7.01. The number of nitrogens with zero attached hydrogens (tertiary/aromatic N) is 2. The summed E-state index contributed by atoms with van der Waals surface area (Å²) in [7, 11) is 1.98. The lowest BCUT2D eigenvalue weighted by Gasteiger charge is -2.35. The Morgan fingerprint density at radius 3 is 2.62 bits per heavy atom. The molecule has 29 heavy (non-hydrogen) atoms. The molecule has 1 amide bonds. The molecule has 156 valence electrons. The molecule has 1 aliphatic rings. The molecule has 0 N–H and O–H groups in total. The van der Waals surface area contributed by atoms with Gasteiger partial charge in [0.15, 0.2) is 0 Å². The monoisotopic (exact) mass is 392 g/mol. The van der Waals surface area contributed by atoms with Crippen LogP contribution in [0.3, 0.4) is 0 Å². The lowest BCUT2D eigenvalue weighted by atomic mass is 9.96. The molecule has 1 atom stereocenters. The van der Waals surface area contributed by atoms with E-state index in [1.165, 1.54) is 36.1 Å². The van der Waals surface area contributed by atoms with Gasteiger partial charge in [0.05, 0.1) is 0 Å². The van der Waals surface area contributed by atoms with Gasteiger partial charge >= 0.3 is 0 Å². The van der Waals surface area contributed by atoms with Crippen LogP contribution in [-0.4, -0.2) is 48.9 Å². The van der Waals surface area contributed by atoms with Gasteiger partial charge in [0.25, 0.3) is 0 Å². The molecule has 0 spiro atoms. The summed E-state index contributed by atoms with van der Waals surface area (Å²) in [5.41, 5.74) is 4.17. The predicted octanol–water partition coefficient (Wildman–Crippen LogP) is 4.73. The highest BCUT2D eigenvalue weighted by Crippen LogP contribution is 2.19. The van der Waals surface area contributed by atoms with E-state index in [1.807, 2.05) is 18.0 Å². The van der Waals surface area contributed by atoms with Crippen molar-refractivity contribution in [1.82, 2.24) is 9.80 Å². The summed E-state index contributed by atoms with van der Waals surface area (Å²) >= 11 is 0. The van der Waals surface area contributed by atoms with Gasteiger partial charge in [-0.2, -0.15) is 0 Å². The average molecular weight is 393 g/mol. The van der Waals surface area contributed by atoms with E-state index in [0.717, 1.165) is 38.9 Å². The number of piperidine rings is 1. The van der Waals surface area contributed by atoms with Crippen LogP contribution >= 0.6 is 0 Å². The van der Waals surface area contributed by atoms with E-state index in [9.17, 15) is 4.79 Å². The first-order chi connectivity index (χ1) is 14.1. The lowest BCUT2D eigenvalue weighted by molar-refractivity contribution is -0.130.